The molecule has 2 rings (SSSR count). The van der Waals surface area contributed by atoms with E-state index in [-0.39, 0.29) is 0 Å². The highest BCUT2D eigenvalue weighted by atomic mass is 16.5. The maximum atomic E-state index is 9.06. The Labute approximate surface area is 131 Å². The second-order valence-corrected chi connectivity index (χ2v) is 4.89. The highest BCUT2D eigenvalue weighted by Gasteiger charge is 2.04. The number of nitrogens with one attached hydrogen (secondary N) is 1. The quantitative estimate of drug-likeness (QED) is 0.798. The monoisotopic (exact) mass is 296 g/mol. The van der Waals surface area contributed by atoms with Crippen molar-refractivity contribution in [2.24, 2.45) is 0 Å². The molecule has 0 aliphatic carbocycles. The van der Waals surface area contributed by atoms with E-state index in [4.69, 9.17) is 14.7 Å². The molecule has 114 valence electrons. The van der Waals surface area contributed by atoms with E-state index in [1.165, 1.54) is 5.56 Å². The molecule has 0 aliphatic heterocycles. The minimum absolute atomic E-state index is 0.691. The minimum Gasteiger partial charge on any atom is -0.493 e. The van der Waals surface area contributed by atoms with Gasteiger partial charge >= 0.3 is 0 Å². The molecule has 1 N–H and O–H groups in total. The summed E-state index contributed by atoms with van der Waals surface area (Å²) in [5, 5.41) is 12.4. The van der Waals surface area contributed by atoms with E-state index in [1.807, 2.05) is 42.5 Å². The van der Waals surface area contributed by atoms with Gasteiger partial charge in [0.25, 0.3) is 0 Å². The molecule has 0 unspecified atom stereocenters. The van der Waals surface area contributed by atoms with E-state index in [9.17, 15) is 0 Å². The molecule has 0 bridgehead atoms. The van der Waals surface area contributed by atoms with Crippen LogP contribution in [0.15, 0.2) is 42.5 Å². The topological polar surface area (TPSA) is 54.3 Å². The Kier molecular flexibility index (Phi) is 5.81. The van der Waals surface area contributed by atoms with Crippen LogP contribution in [0.5, 0.6) is 11.5 Å². The molecule has 0 saturated heterocycles. The fourth-order valence-corrected chi connectivity index (χ4v) is 2.28. The Hall–Kier alpha value is -2.51. The van der Waals surface area contributed by atoms with Crippen molar-refractivity contribution in [1.82, 2.24) is 5.32 Å². The molecule has 0 fully saturated rings. The summed E-state index contributed by atoms with van der Waals surface area (Å²) in [5.74, 6) is 1.48. The Balaban J connectivity index is 1.88. The first-order valence-electron chi connectivity index (χ1n) is 7.18. The summed E-state index contributed by atoms with van der Waals surface area (Å²) in [6.45, 7) is 1.52. The number of nitrogens with zero attached hydrogens (tertiary/aromatic N) is 1. The van der Waals surface area contributed by atoms with E-state index >= 15 is 0 Å². The average molecular weight is 296 g/mol. The molecule has 4 heteroatoms. The Morgan fingerprint density at radius 3 is 2.55 bits per heavy atom. The second-order valence-electron chi connectivity index (χ2n) is 4.89. The van der Waals surface area contributed by atoms with Crippen molar-refractivity contribution in [2.75, 3.05) is 20.8 Å². The summed E-state index contributed by atoms with van der Waals surface area (Å²) in [6, 6.07) is 15.8. The van der Waals surface area contributed by atoms with Crippen LogP contribution in [0.2, 0.25) is 0 Å². The van der Waals surface area contributed by atoms with Gasteiger partial charge in [-0.25, -0.2) is 0 Å². The van der Waals surface area contributed by atoms with Crippen LogP contribution in [0, 0.1) is 11.3 Å². The summed E-state index contributed by atoms with van der Waals surface area (Å²) in [4.78, 5) is 0. The van der Waals surface area contributed by atoms with Gasteiger partial charge in [-0.3, -0.25) is 0 Å². The first-order valence-corrected chi connectivity index (χ1v) is 7.18. The number of nitriles is 1. The number of hydrogen-bond donors (Lipinski definition) is 1. The fourth-order valence-electron chi connectivity index (χ4n) is 2.28. The zero-order chi connectivity index (χ0) is 15.8. The van der Waals surface area contributed by atoms with Gasteiger partial charge in [0.2, 0.25) is 0 Å². The Bertz CT molecular complexity index is 662. The lowest BCUT2D eigenvalue weighted by atomic mass is 10.1. The van der Waals surface area contributed by atoms with Crippen molar-refractivity contribution < 1.29 is 9.47 Å². The summed E-state index contributed by atoms with van der Waals surface area (Å²) < 4.78 is 10.5. The number of hydrogen-bond acceptors (Lipinski definition) is 4. The summed E-state index contributed by atoms with van der Waals surface area (Å²) in [5.41, 5.74) is 2.93. The van der Waals surface area contributed by atoms with Gasteiger partial charge in [0.05, 0.1) is 25.9 Å². The van der Waals surface area contributed by atoms with E-state index in [0.29, 0.717) is 6.54 Å². The van der Waals surface area contributed by atoms with Crippen molar-refractivity contribution >= 4 is 0 Å². The van der Waals surface area contributed by atoms with Crippen LogP contribution in [0.1, 0.15) is 16.7 Å². The molecule has 0 heterocycles. The van der Waals surface area contributed by atoms with Gasteiger partial charge in [0.1, 0.15) is 0 Å². The van der Waals surface area contributed by atoms with Crippen molar-refractivity contribution in [2.45, 2.75) is 13.0 Å². The van der Waals surface area contributed by atoms with Gasteiger partial charge < -0.3 is 14.8 Å². The molecule has 0 aromatic heterocycles. The predicted molar refractivity (Wildman–Crippen MR) is 86.1 cm³/mol. The molecule has 0 radical (unpaired) electrons. The molecule has 0 atom stereocenters. The number of benzene rings is 2. The third-order valence-electron chi connectivity index (χ3n) is 3.49. The maximum Gasteiger partial charge on any atom is 0.160 e. The highest BCUT2D eigenvalue weighted by molar-refractivity contribution is 5.43. The van der Waals surface area contributed by atoms with Gasteiger partial charge in [0.15, 0.2) is 11.5 Å². The standard InChI is InChI=1S/C18H20N2O2/c1-21-17-8-7-14(11-18(17)22-2)9-10-20-13-16-6-4-3-5-15(16)12-19/h3-8,11,20H,9-10,13H2,1-2H3. The molecule has 22 heavy (non-hydrogen) atoms. The highest BCUT2D eigenvalue weighted by Crippen LogP contribution is 2.27. The molecule has 2 aromatic carbocycles. The lowest BCUT2D eigenvalue weighted by Crippen LogP contribution is -2.17. The zero-order valence-electron chi connectivity index (χ0n) is 12.9. The molecule has 0 aliphatic rings. The van der Waals surface area contributed by atoms with E-state index in [1.54, 1.807) is 14.2 Å². The molecular weight excluding hydrogens is 276 g/mol. The van der Waals surface area contributed by atoms with E-state index < -0.39 is 0 Å². The molecular formula is C18H20N2O2. The van der Waals surface area contributed by atoms with Crippen molar-refractivity contribution in [3.63, 3.8) is 0 Å². The van der Waals surface area contributed by atoms with Crippen molar-refractivity contribution in [3.05, 3.63) is 59.2 Å². The van der Waals surface area contributed by atoms with Crippen LogP contribution < -0.4 is 14.8 Å². The van der Waals surface area contributed by atoms with Crippen molar-refractivity contribution in [3.8, 4) is 17.6 Å². The average Bonchev–Trinajstić information content (AvgIpc) is 2.58. The van der Waals surface area contributed by atoms with Gasteiger partial charge in [-0.05, 0) is 42.3 Å². The lowest BCUT2D eigenvalue weighted by molar-refractivity contribution is 0.354. The normalized spacial score (nSPS) is 10.0. The third kappa shape index (κ3) is 4.00. The maximum absolute atomic E-state index is 9.06. The molecule has 0 amide bonds. The van der Waals surface area contributed by atoms with Gasteiger partial charge in [-0.2, -0.15) is 5.26 Å². The molecule has 0 saturated carbocycles. The van der Waals surface area contributed by atoms with Crippen molar-refractivity contribution in [1.29, 1.82) is 5.26 Å². The molecule has 2 aromatic rings. The Morgan fingerprint density at radius 2 is 1.82 bits per heavy atom. The first kappa shape index (κ1) is 15.9. The van der Waals surface area contributed by atoms with E-state index in [2.05, 4.69) is 11.4 Å². The minimum atomic E-state index is 0.691. The number of methoxy groups -OCH3 is 2. The van der Waals surface area contributed by atoms with Crippen LogP contribution >= 0.6 is 0 Å². The summed E-state index contributed by atoms with van der Waals surface area (Å²) in [7, 11) is 3.27. The largest absolute Gasteiger partial charge is 0.493 e. The third-order valence-corrected chi connectivity index (χ3v) is 3.49. The second kappa shape index (κ2) is 8.06. The van der Waals surface area contributed by atoms with E-state index in [0.717, 1.165) is 35.6 Å². The smallest absolute Gasteiger partial charge is 0.160 e. The van der Waals surface area contributed by atoms with Gasteiger partial charge in [-0.15, -0.1) is 0 Å². The van der Waals surface area contributed by atoms with Gasteiger partial charge in [0, 0.05) is 6.54 Å². The van der Waals surface area contributed by atoms with Crippen LogP contribution in [0.4, 0.5) is 0 Å². The van der Waals surface area contributed by atoms with Crippen LogP contribution in [-0.4, -0.2) is 20.8 Å². The molecule has 0 spiro atoms. The predicted octanol–water partition coefficient (Wildman–Crippen LogP) is 2.91. The molecule has 4 nitrogen and oxygen atoms in total. The van der Waals surface area contributed by atoms with Gasteiger partial charge in [-0.1, -0.05) is 24.3 Å². The first-order chi connectivity index (χ1) is 10.8. The zero-order valence-corrected chi connectivity index (χ0v) is 12.9. The SMILES string of the molecule is COc1ccc(CCNCc2ccccc2C#N)cc1OC. The Morgan fingerprint density at radius 1 is 1.05 bits per heavy atom. The van der Waals surface area contributed by atoms with Crippen LogP contribution in [-0.2, 0) is 13.0 Å². The van der Waals surface area contributed by atoms with Crippen LogP contribution in [0.25, 0.3) is 0 Å². The number of rotatable bonds is 7. The fraction of sp³-hybridized carbons (Fsp3) is 0.278. The lowest BCUT2D eigenvalue weighted by Gasteiger charge is -2.10. The van der Waals surface area contributed by atoms with Crippen LogP contribution in [0.3, 0.4) is 0 Å². The number of ether oxygens (including phenoxy) is 2. The summed E-state index contributed by atoms with van der Waals surface area (Å²) >= 11 is 0. The summed E-state index contributed by atoms with van der Waals surface area (Å²) in [6.07, 6.45) is 0.884.